The summed E-state index contributed by atoms with van der Waals surface area (Å²) in [6.07, 6.45) is 5.62. The summed E-state index contributed by atoms with van der Waals surface area (Å²) in [5.74, 6) is -0.703. The highest BCUT2D eigenvalue weighted by Crippen LogP contribution is 2.19. The molecule has 2 heterocycles. The lowest BCUT2D eigenvalue weighted by molar-refractivity contribution is -0.115. The van der Waals surface area contributed by atoms with Crippen LogP contribution in [0.1, 0.15) is 4.88 Å². The molecule has 0 spiro atoms. The molecule has 106 valence electrons. The highest BCUT2D eigenvalue weighted by atomic mass is 32.1. The van der Waals surface area contributed by atoms with Gasteiger partial charge in [0.25, 0.3) is 0 Å². The lowest BCUT2D eigenvalue weighted by Gasteiger charge is -2.04. The van der Waals surface area contributed by atoms with Gasteiger partial charge >= 0.3 is 0 Å². The predicted molar refractivity (Wildman–Crippen MR) is 80.2 cm³/mol. The summed E-state index contributed by atoms with van der Waals surface area (Å²) in [6.45, 7) is 0. The Bertz CT molecular complexity index is 752. The molecule has 0 aliphatic rings. The maximum Gasteiger partial charge on any atom is 0.229 e. The number of nitrogens with zero attached hydrogens (tertiary/aromatic N) is 2. The standard InChI is InChI=1S/C15H12FN3OS/c16-12-5-1-2-6-13(12)18-14(20)9-11-10-17-15(21-11)19-7-3-4-8-19/h1-8,10H,9H2,(H,18,20). The summed E-state index contributed by atoms with van der Waals surface area (Å²) in [6, 6.07) is 9.92. The molecule has 0 unspecified atom stereocenters. The first kappa shape index (κ1) is 13.5. The number of halogens is 1. The van der Waals surface area contributed by atoms with Gasteiger partial charge in [0.2, 0.25) is 5.91 Å². The number of rotatable bonds is 4. The van der Waals surface area contributed by atoms with Crippen LogP contribution in [-0.2, 0) is 11.2 Å². The fourth-order valence-corrected chi connectivity index (χ4v) is 2.75. The molecule has 1 aromatic carbocycles. The quantitative estimate of drug-likeness (QED) is 0.804. The zero-order valence-electron chi connectivity index (χ0n) is 11.0. The van der Waals surface area contributed by atoms with E-state index < -0.39 is 5.82 Å². The molecule has 0 atom stereocenters. The van der Waals surface area contributed by atoms with Crippen LogP contribution in [0, 0.1) is 5.82 Å². The van der Waals surface area contributed by atoms with Gasteiger partial charge in [0, 0.05) is 23.5 Å². The summed E-state index contributed by atoms with van der Waals surface area (Å²) >= 11 is 1.43. The van der Waals surface area contributed by atoms with Gasteiger partial charge in [-0.2, -0.15) is 0 Å². The minimum atomic E-state index is -0.441. The summed E-state index contributed by atoms with van der Waals surface area (Å²) in [5, 5.41) is 3.36. The highest BCUT2D eigenvalue weighted by molar-refractivity contribution is 7.14. The van der Waals surface area contributed by atoms with Crippen molar-refractivity contribution in [3.05, 3.63) is 65.7 Å². The third kappa shape index (κ3) is 3.17. The first-order valence-electron chi connectivity index (χ1n) is 6.35. The Hall–Kier alpha value is -2.47. The van der Waals surface area contributed by atoms with Crippen LogP contribution in [0.25, 0.3) is 5.13 Å². The van der Waals surface area contributed by atoms with Crippen molar-refractivity contribution in [2.75, 3.05) is 5.32 Å². The van der Waals surface area contributed by atoms with Gasteiger partial charge in [-0.15, -0.1) is 11.3 Å². The summed E-state index contributed by atoms with van der Waals surface area (Å²) in [5.41, 5.74) is 0.192. The predicted octanol–water partition coefficient (Wildman–Crippen LogP) is 3.25. The Morgan fingerprint density at radius 2 is 2.00 bits per heavy atom. The van der Waals surface area contributed by atoms with Crippen molar-refractivity contribution in [1.29, 1.82) is 0 Å². The normalized spacial score (nSPS) is 10.5. The van der Waals surface area contributed by atoms with E-state index in [1.807, 2.05) is 29.1 Å². The summed E-state index contributed by atoms with van der Waals surface area (Å²) in [7, 11) is 0. The van der Waals surface area contributed by atoms with Crippen molar-refractivity contribution in [2.45, 2.75) is 6.42 Å². The minimum Gasteiger partial charge on any atom is -0.323 e. The van der Waals surface area contributed by atoms with Crippen LogP contribution in [0.2, 0.25) is 0 Å². The van der Waals surface area contributed by atoms with Gasteiger partial charge in [0.15, 0.2) is 5.13 Å². The maximum absolute atomic E-state index is 13.5. The van der Waals surface area contributed by atoms with Crippen LogP contribution in [-0.4, -0.2) is 15.5 Å². The zero-order valence-corrected chi connectivity index (χ0v) is 11.8. The number of anilines is 1. The van der Waals surface area contributed by atoms with Gasteiger partial charge in [-0.05, 0) is 24.3 Å². The zero-order chi connectivity index (χ0) is 14.7. The number of carbonyl (C=O) groups excluding carboxylic acids is 1. The van der Waals surface area contributed by atoms with Gasteiger partial charge in [-0.3, -0.25) is 4.79 Å². The van der Waals surface area contributed by atoms with Crippen LogP contribution in [0.15, 0.2) is 55.0 Å². The smallest absolute Gasteiger partial charge is 0.229 e. The first-order chi connectivity index (χ1) is 10.2. The van der Waals surface area contributed by atoms with Crippen LogP contribution >= 0.6 is 11.3 Å². The number of para-hydroxylation sites is 1. The highest BCUT2D eigenvalue weighted by Gasteiger charge is 2.10. The lowest BCUT2D eigenvalue weighted by Crippen LogP contribution is -2.14. The second-order valence-electron chi connectivity index (χ2n) is 4.40. The Labute approximate surface area is 124 Å². The molecule has 0 aliphatic heterocycles. The second kappa shape index (κ2) is 5.88. The molecule has 3 aromatic rings. The van der Waals surface area contributed by atoms with E-state index in [4.69, 9.17) is 0 Å². The molecule has 0 fully saturated rings. The Morgan fingerprint density at radius 3 is 2.76 bits per heavy atom. The first-order valence-corrected chi connectivity index (χ1v) is 7.16. The molecule has 0 bridgehead atoms. The summed E-state index contributed by atoms with van der Waals surface area (Å²) in [4.78, 5) is 17.0. The topological polar surface area (TPSA) is 46.9 Å². The van der Waals surface area contributed by atoms with Gasteiger partial charge in [0.1, 0.15) is 5.82 Å². The molecule has 0 saturated carbocycles. The Morgan fingerprint density at radius 1 is 1.24 bits per heavy atom. The second-order valence-corrected chi connectivity index (χ2v) is 5.50. The van der Waals surface area contributed by atoms with Crippen LogP contribution in [0.4, 0.5) is 10.1 Å². The van der Waals surface area contributed by atoms with E-state index in [9.17, 15) is 9.18 Å². The van der Waals surface area contributed by atoms with Crippen molar-refractivity contribution >= 4 is 22.9 Å². The van der Waals surface area contributed by atoms with Gasteiger partial charge in [-0.1, -0.05) is 12.1 Å². The number of benzene rings is 1. The molecule has 0 radical (unpaired) electrons. The molecule has 1 N–H and O–H groups in total. The van der Waals surface area contributed by atoms with E-state index >= 15 is 0 Å². The van der Waals surface area contributed by atoms with Crippen molar-refractivity contribution in [1.82, 2.24) is 9.55 Å². The van der Waals surface area contributed by atoms with Crippen molar-refractivity contribution < 1.29 is 9.18 Å². The molecule has 4 nitrogen and oxygen atoms in total. The average molecular weight is 301 g/mol. The lowest BCUT2D eigenvalue weighted by atomic mass is 10.3. The Balaban J connectivity index is 1.67. The van der Waals surface area contributed by atoms with Crippen molar-refractivity contribution in [3.63, 3.8) is 0 Å². The van der Waals surface area contributed by atoms with Crippen LogP contribution in [0.3, 0.4) is 0 Å². The third-order valence-electron chi connectivity index (χ3n) is 2.85. The van der Waals surface area contributed by atoms with E-state index in [2.05, 4.69) is 10.3 Å². The molecule has 0 saturated heterocycles. The minimum absolute atomic E-state index is 0.174. The number of amides is 1. The summed E-state index contributed by atoms with van der Waals surface area (Å²) < 4.78 is 15.3. The monoisotopic (exact) mass is 301 g/mol. The van der Waals surface area contributed by atoms with Crippen LogP contribution < -0.4 is 5.32 Å². The van der Waals surface area contributed by atoms with Gasteiger partial charge < -0.3 is 9.88 Å². The number of carbonyl (C=O) groups is 1. The number of thiazole rings is 1. The molecule has 21 heavy (non-hydrogen) atoms. The van der Waals surface area contributed by atoms with Crippen molar-refractivity contribution in [2.24, 2.45) is 0 Å². The molecular weight excluding hydrogens is 289 g/mol. The molecule has 1 amide bonds. The molecule has 6 heteroatoms. The average Bonchev–Trinajstić information content (AvgIpc) is 3.12. The molecular formula is C15H12FN3OS. The largest absolute Gasteiger partial charge is 0.323 e. The van der Waals surface area contributed by atoms with E-state index in [0.717, 1.165) is 10.0 Å². The van der Waals surface area contributed by atoms with Gasteiger partial charge in [0.05, 0.1) is 12.1 Å². The molecule has 0 aliphatic carbocycles. The van der Waals surface area contributed by atoms with E-state index in [-0.39, 0.29) is 18.0 Å². The van der Waals surface area contributed by atoms with E-state index in [1.54, 1.807) is 18.3 Å². The van der Waals surface area contributed by atoms with E-state index in [1.165, 1.54) is 23.5 Å². The van der Waals surface area contributed by atoms with Crippen LogP contribution in [0.5, 0.6) is 0 Å². The fourth-order valence-electron chi connectivity index (χ4n) is 1.88. The number of hydrogen-bond acceptors (Lipinski definition) is 3. The Kier molecular flexibility index (Phi) is 3.79. The third-order valence-corrected chi connectivity index (χ3v) is 3.86. The SMILES string of the molecule is O=C(Cc1cnc(-n2cccc2)s1)Nc1ccccc1F. The number of aromatic nitrogens is 2. The van der Waals surface area contributed by atoms with Crippen molar-refractivity contribution in [3.8, 4) is 5.13 Å². The number of nitrogens with one attached hydrogen (secondary N) is 1. The van der Waals surface area contributed by atoms with Gasteiger partial charge in [-0.25, -0.2) is 9.37 Å². The number of hydrogen-bond donors (Lipinski definition) is 1. The molecule has 3 rings (SSSR count). The molecule has 2 aromatic heterocycles. The van der Waals surface area contributed by atoms with E-state index in [0.29, 0.717) is 0 Å². The maximum atomic E-state index is 13.5. The fraction of sp³-hybridized carbons (Fsp3) is 0.0667.